The number of carboxylic acids is 1. The van der Waals surface area contributed by atoms with Crippen LogP contribution in [0.3, 0.4) is 0 Å². The maximum atomic E-state index is 11.8. The topological polar surface area (TPSA) is 121 Å². The van der Waals surface area contributed by atoms with Gasteiger partial charge in [-0.05, 0) is 0 Å². The monoisotopic (exact) mass is 269 g/mol. The molecule has 0 saturated carbocycles. The highest BCUT2D eigenvalue weighted by atomic mass is 16.4. The van der Waals surface area contributed by atoms with Crippen LogP contribution in [0.4, 0.5) is 4.79 Å². The lowest BCUT2D eigenvalue weighted by Gasteiger charge is -2.21. The van der Waals surface area contributed by atoms with Crippen molar-refractivity contribution in [3.8, 4) is 0 Å². The fraction of sp³-hybridized carbons (Fsp3) is 0.600. The maximum absolute atomic E-state index is 11.8. The quantitative estimate of drug-likeness (QED) is 0.612. The summed E-state index contributed by atoms with van der Waals surface area (Å²) < 4.78 is 1.55. The van der Waals surface area contributed by atoms with Crippen molar-refractivity contribution in [1.82, 2.24) is 25.2 Å². The number of hydrogen-bond donors (Lipinski definition) is 3. The van der Waals surface area contributed by atoms with E-state index in [9.17, 15) is 14.7 Å². The molecule has 3 N–H and O–H groups in total. The first-order valence-electron chi connectivity index (χ1n) is 5.87. The zero-order valence-electron chi connectivity index (χ0n) is 10.1. The number of amides is 2. The number of rotatable bonds is 4. The Balaban J connectivity index is 1.83. The van der Waals surface area contributed by atoms with Gasteiger partial charge < -0.3 is 20.4 Å². The Morgan fingerprint density at radius 3 is 2.89 bits per heavy atom. The number of aliphatic hydroxyl groups excluding tert-OH is 1. The van der Waals surface area contributed by atoms with E-state index >= 15 is 0 Å². The lowest BCUT2D eigenvalue weighted by Crippen LogP contribution is -2.46. The van der Waals surface area contributed by atoms with E-state index in [2.05, 4.69) is 15.6 Å². The van der Waals surface area contributed by atoms with Gasteiger partial charge in [0.1, 0.15) is 6.04 Å². The number of aromatic nitrogens is 3. The van der Waals surface area contributed by atoms with Crippen molar-refractivity contribution in [3.63, 3.8) is 0 Å². The zero-order valence-corrected chi connectivity index (χ0v) is 10.1. The number of aliphatic carboxylic acids is 1. The van der Waals surface area contributed by atoms with Crippen molar-refractivity contribution < 1.29 is 19.8 Å². The summed E-state index contributed by atoms with van der Waals surface area (Å²) in [7, 11) is 0. The summed E-state index contributed by atoms with van der Waals surface area (Å²) in [6.07, 6.45) is 2.46. The number of hydrogen-bond acceptors (Lipinski definition) is 5. The van der Waals surface area contributed by atoms with Crippen LogP contribution < -0.4 is 5.32 Å². The Morgan fingerprint density at radius 2 is 2.26 bits per heavy atom. The van der Waals surface area contributed by atoms with E-state index < -0.39 is 24.1 Å². The normalized spacial score (nSPS) is 22.5. The summed E-state index contributed by atoms with van der Waals surface area (Å²) in [4.78, 5) is 23.9. The van der Waals surface area contributed by atoms with Crippen LogP contribution in [-0.2, 0) is 11.3 Å². The highest BCUT2D eigenvalue weighted by Gasteiger charge is 2.38. The number of aliphatic hydroxyl groups is 1. The van der Waals surface area contributed by atoms with Gasteiger partial charge in [-0.3, -0.25) is 4.68 Å². The van der Waals surface area contributed by atoms with E-state index in [4.69, 9.17) is 5.11 Å². The summed E-state index contributed by atoms with van der Waals surface area (Å²) >= 11 is 0. The van der Waals surface area contributed by atoms with E-state index in [1.807, 2.05) is 0 Å². The van der Waals surface area contributed by atoms with Crippen molar-refractivity contribution >= 4 is 12.0 Å². The van der Waals surface area contributed by atoms with Gasteiger partial charge in [0, 0.05) is 25.7 Å². The van der Waals surface area contributed by atoms with Crippen LogP contribution in [0.15, 0.2) is 12.4 Å². The van der Waals surface area contributed by atoms with Crippen molar-refractivity contribution in [2.75, 3.05) is 13.1 Å². The van der Waals surface area contributed by atoms with Crippen LogP contribution >= 0.6 is 0 Å². The van der Waals surface area contributed by atoms with Crippen molar-refractivity contribution in [2.24, 2.45) is 0 Å². The first kappa shape index (κ1) is 13.3. The van der Waals surface area contributed by atoms with Gasteiger partial charge in [-0.25, -0.2) is 9.59 Å². The molecule has 0 spiro atoms. The largest absolute Gasteiger partial charge is 0.480 e. The van der Waals surface area contributed by atoms with Crippen molar-refractivity contribution in [3.05, 3.63) is 12.4 Å². The maximum Gasteiger partial charge on any atom is 0.326 e. The summed E-state index contributed by atoms with van der Waals surface area (Å²) in [6, 6.07) is -1.47. The molecule has 104 valence electrons. The van der Waals surface area contributed by atoms with Gasteiger partial charge in [0.2, 0.25) is 0 Å². The van der Waals surface area contributed by atoms with Crippen LogP contribution in [0.2, 0.25) is 0 Å². The van der Waals surface area contributed by atoms with E-state index in [-0.39, 0.29) is 13.0 Å². The number of nitrogens with zero attached hydrogens (tertiary/aromatic N) is 4. The zero-order chi connectivity index (χ0) is 13.8. The molecule has 1 aliphatic rings. The third kappa shape index (κ3) is 3.19. The Bertz CT molecular complexity index is 449. The fourth-order valence-electron chi connectivity index (χ4n) is 2.00. The minimum Gasteiger partial charge on any atom is -0.480 e. The number of nitrogens with one attached hydrogen (secondary N) is 1. The third-order valence-electron chi connectivity index (χ3n) is 2.91. The minimum absolute atomic E-state index is 0.0339. The predicted octanol–water partition coefficient (Wildman–Crippen LogP) is -1.49. The van der Waals surface area contributed by atoms with Gasteiger partial charge >= 0.3 is 12.0 Å². The van der Waals surface area contributed by atoms with Gasteiger partial charge in [0.05, 0.1) is 18.8 Å². The number of carbonyl (C=O) groups excluding carboxylic acids is 1. The molecule has 1 aromatic rings. The molecule has 0 unspecified atom stereocenters. The second-order valence-corrected chi connectivity index (χ2v) is 4.29. The molecule has 0 aromatic carbocycles. The number of carboxylic acid groups (broad SMARTS) is 1. The van der Waals surface area contributed by atoms with Gasteiger partial charge in [-0.15, -0.1) is 5.10 Å². The standard InChI is InChI=1S/C10H15N5O4/c16-7-5-8(9(17)18)15(6-7)10(19)11-1-3-14-4-2-12-13-14/h2,4,7-8,16H,1,3,5-6H2,(H,11,19)(H,17,18)/t7-,8-/m1/s1. The Morgan fingerprint density at radius 1 is 1.47 bits per heavy atom. The second-order valence-electron chi connectivity index (χ2n) is 4.29. The van der Waals surface area contributed by atoms with E-state index in [1.165, 1.54) is 6.20 Å². The highest BCUT2D eigenvalue weighted by molar-refractivity contribution is 5.83. The van der Waals surface area contributed by atoms with Gasteiger partial charge in [-0.2, -0.15) is 0 Å². The van der Waals surface area contributed by atoms with E-state index in [0.717, 1.165) is 4.90 Å². The molecule has 2 atom stereocenters. The average molecular weight is 269 g/mol. The molecule has 9 heteroatoms. The molecule has 19 heavy (non-hydrogen) atoms. The van der Waals surface area contributed by atoms with Crippen LogP contribution in [0, 0.1) is 0 Å². The Labute approximate surface area is 108 Å². The van der Waals surface area contributed by atoms with Gasteiger partial charge in [-0.1, -0.05) is 5.21 Å². The predicted molar refractivity (Wildman–Crippen MR) is 62.2 cm³/mol. The van der Waals surface area contributed by atoms with Crippen molar-refractivity contribution in [1.29, 1.82) is 0 Å². The summed E-state index contributed by atoms with van der Waals surface area (Å²) in [6.45, 7) is 0.785. The van der Waals surface area contributed by atoms with E-state index in [0.29, 0.717) is 13.1 Å². The van der Waals surface area contributed by atoms with Crippen LogP contribution in [-0.4, -0.2) is 67.3 Å². The van der Waals surface area contributed by atoms with Gasteiger partial charge in [0.25, 0.3) is 0 Å². The molecule has 1 aliphatic heterocycles. The number of likely N-dealkylation sites (tertiary alicyclic amines) is 1. The Kier molecular flexibility index (Phi) is 3.95. The molecule has 2 rings (SSSR count). The first-order chi connectivity index (χ1) is 9.08. The van der Waals surface area contributed by atoms with E-state index in [1.54, 1.807) is 10.9 Å². The van der Waals surface area contributed by atoms with Crippen LogP contribution in [0.1, 0.15) is 6.42 Å². The van der Waals surface area contributed by atoms with Gasteiger partial charge in [0.15, 0.2) is 0 Å². The third-order valence-corrected chi connectivity index (χ3v) is 2.91. The Hall–Kier alpha value is -2.16. The molecule has 2 amide bonds. The number of β-amino-alcohol motifs (C(OH)–C–C–N with tert-alkyl or cyclic N) is 1. The molecule has 9 nitrogen and oxygen atoms in total. The minimum atomic E-state index is -1.11. The summed E-state index contributed by atoms with van der Waals surface area (Å²) in [5.41, 5.74) is 0. The lowest BCUT2D eigenvalue weighted by atomic mass is 10.2. The molecule has 1 aromatic heterocycles. The first-order valence-corrected chi connectivity index (χ1v) is 5.87. The molecular formula is C10H15N5O4. The van der Waals surface area contributed by atoms with Crippen LogP contribution in [0.5, 0.6) is 0 Å². The average Bonchev–Trinajstić information content (AvgIpc) is 2.98. The molecule has 0 aliphatic carbocycles. The summed E-state index contributed by atoms with van der Waals surface area (Å²) in [5, 5.41) is 28.4. The number of urea groups is 1. The molecule has 1 saturated heterocycles. The lowest BCUT2D eigenvalue weighted by molar-refractivity contribution is -0.141. The number of carbonyl (C=O) groups is 2. The molecule has 0 radical (unpaired) electrons. The fourth-order valence-corrected chi connectivity index (χ4v) is 2.00. The molecular weight excluding hydrogens is 254 g/mol. The summed E-state index contributed by atoms with van der Waals surface area (Å²) in [5.74, 6) is -1.11. The SMILES string of the molecule is O=C(O)[C@H]1C[C@@H](O)CN1C(=O)NCCn1ccnn1. The smallest absolute Gasteiger partial charge is 0.326 e. The highest BCUT2D eigenvalue weighted by Crippen LogP contribution is 2.17. The van der Waals surface area contributed by atoms with Crippen molar-refractivity contribution in [2.45, 2.75) is 25.1 Å². The van der Waals surface area contributed by atoms with Crippen LogP contribution in [0.25, 0.3) is 0 Å². The second kappa shape index (κ2) is 5.65. The molecule has 1 fully saturated rings. The molecule has 2 heterocycles. The molecule has 0 bridgehead atoms.